The third kappa shape index (κ3) is 8.62. The van der Waals surface area contributed by atoms with Gasteiger partial charge in [-0.05, 0) is 35.2 Å². The minimum absolute atomic E-state index is 0. The van der Waals surface area contributed by atoms with Gasteiger partial charge in [-0.15, -0.1) is 12.4 Å². The molecule has 0 saturated carbocycles. The Morgan fingerprint density at radius 1 is 1.02 bits per heavy atom. The molecular weight excluding hydrogens is 591 g/mol. The number of carbonyl (C=O) groups excluding carboxylic acids is 1. The molecule has 0 spiro atoms. The summed E-state index contributed by atoms with van der Waals surface area (Å²) in [7, 11) is -3.39. The number of alkyl halides is 1. The number of carbonyl (C=O) groups is 1. The topological polar surface area (TPSA) is 111 Å². The second-order valence-corrected chi connectivity index (χ2v) is 12.6. The van der Waals surface area contributed by atoms with Gasteiger partial charge in [0.25, 0.3) is 0 Å². The summed E-state index contributed by atoms with van der Waals surface area (Å²) in [5.74, 6) is 0.489. The third-order valence-corrected chi connectivity index (χ3v) is 8.50. The summed E-state index contributed by atoms with van der Waals surface area (Å²) >= 11 is 8.11. The van der Waals surface area contributed by atoms with Gasteiger partial charge in [0.05, 0.1) is 12.9 Å². The first kappa shape index (κ1) is 31.8. The number of benzene rings is 3. The lowest BCUT2D eigenvalue weighted by Gasteiger charge is -2.25. The van der Waals surface area contributed by atoms with E-state index in [-0.39, 0.29) is 37.5 Å². The molecule has 3 aromatic carbocycles. The number of urea groups is 1. The second-order valence-electron chi connectivity index (χ2n) is 9.22. The van der Waals surface area contributed by atoms with Crippen LogP contribution in [0, 0.1) is 0 Å². The van der Waals surface area contributed by atoms with Crippen LogP contribution in [-0.2, 0) is 15.0 Å². The molecule has 1 aliphatic heterocycles. The average molecular weight is 624 g/mol. The molecule has 4 rings (SSSR count). The van der Waals surface area contributed by atoms with Crippen molar-refractivity contribution < 1.29 is 18.3 Å². The minimum Gasteiger partial charge on any atom is -0.395 e. The minimum atomic E-state index is -3.39. The van der Waals surface area contributed by atoms with Gasteiger partial charge in [-0.2, -0.15) is 0 Å². The van der Waals surface area contributed by atoms with Gasteiger partial charge in [-0.3, -0.25) is 10.0 Å². The molecule has 1 aliphatic rings. The van der Waals surface area contributed by atoms with Crippen LogP contribution in [-0.4, -0.2) is 61.3 Å². The van der Waals surface area contributed by atoms with Gasteiger partial charge >= 0.3 is 6.03 Å². The van der Waals surface area contributed by atoms with E-state index in [2.05, 4.69) is 39.3 Å². The quantitative estimate of drug-likeness (QED) is 0.213. The Bertz CT molecular complexity index is 1360. The number of amides is 2. The first-order valence-corrected chi connectivity index (χ1v) is 15.7. The maximum atomic E-state index is 13.2. The summed E-state index contributed by atoms with van der Waals surface area (Å²) in [6.45, 7) is 0.447. The Labute approximate surface area is 250 Å². The van der Waals surface area contributed by atoms with Gasteiger partial charge in [0, 0.05) is 30.4 Å². The SMILES string of the molecule is CS(=O)(=O)Nc1ccc([C@]2(Cl)CSC(NC(=O)N(CCO)CCC(c3ccccc3)c3ccccc3)=N2)cc1.Cl. The summed E-state index contributed by atoms with van der Waals surface area (Å²) in [5, 5.41) is 12.9. The van der Waals surface area contributed by atoms with Gasteiger partial charge in [0.1, 0.15) is 0 Å². The average Bonchev–Trinajstić information content (AvgIpc) is 3.30. The van der Waals surface area contributed by atoms with Crippen LogP contribution in [0.2, 0.25) is 0 Å². The monoisotopic (exact) mass is 622 g/mol. The second kappa shape index (κ2) is 14.2. The van der Waals surface area contributed by atoms with E-state index in [0.29, 0.717) is 35.1 Å². The van der Waals surface area contributed by atoms with Crippen molar-refractivity contribution in [2.45, 2.75) is 17.3 Å². The Morgan fingerprint density at radius 2 is 1.60 bits per heavy atom. The number of anilines is 1. The van der Waals surface area contributed by atoms with Gasteiger partial charge in [-0.25, -0.2) is 18.2 Å². The number of hydrogen-bond acceptors (Lipinski definition) is 6. The largest absolute Gasteiger partial charge is 0.395 e. The lowest BCUT2D eigenvalue weighted by Crippen LogP contribution is -2.44. The van der Waals surface area contributed by atoms with Crippen molar-refractivity contribution in [1.82, 2.24) is 10.2 Å². The number of aliphatic hydroxyl groups is 1. The molecule has 3 aromatic rings. The summed E-state index contributed by atoms with van der Waals surface area (Å²) in [5.41, 5.74) is 3.43. The predicted octanol–water partition coefficient (Wildman–Crippen LogP) is 5.20. The van der Waals surface area contributed by atoms with E-state index in [1.807, 2.05) is 36.4 Å². The molecule has 0 saturated heterocycles. The van der Waals surface area contributed by atoms with Crippen molar-refractivity contribution >= 4 is 62.7 Å². The van der Waals surface area contributed by atoms with Crippen molar-refractivity contribution in [2.75, 3.05) is 36.4 Å². The van der Waals surface area contributed by atoms with E-state index in [4.69, 9.17) is 11.6 Å². The maximum absolute atomic E-state index is 13.2. The van der Waals surface area contributed by atoms with Crippen molar-refractivity contribution in [3.05, 3.63) is 102 Å². The summed E-state index contributed by atoms with van der Waals surface area (Å²) in [6, 6.07) is 26.6. The van der Waals surface area contributed by atoms with Crippen LogP contribution in [0.1, 0.15) is 29.0 Å². The number of nitrogens with one attached hydrogen (secondary N) is 2. The van der Waals surface area contributed by atoms with Crippen molar-refractivity contribution in [1.29, 1.82) is 0 Å². The molecule has 0 aromatic heterocycles. The number of sulfonamides is 1. The van der Waals surface area contributed by atoms with Crippen LogP contribution in [0.25, 0.3) is 0 Å². The lowest BCUT2D eigenvalue weighted by atomic mass is 9.88. The predicted molar refractivity (Wildman–Crippen MR) is 166 cm³/mol. The van der Waals surface area contributed by atoms with Crippen LogP contribution in [0.3, 0.4) is 0 Å². The number of amidine groups is 1. The Kier molecular flexibility index (Phi) is 11.3. The Balaban J connectivity index is 0.00000441. The number of nitrogens with zero attached hydrogens (tertiary/aromatic N) is 2. The summed E-state index contributed by atoms with van der Waals surface area (Å²) in [6.07, 6.45) is 1.76. The van der Waals surface area contributed by atoms with Crippen LogP contribution in [0.15, 0.2) is 89.9 Å². The standard InChI is InChI=1S/C28H31ClN4O4S2.ClH/c1-39(36,37)32-24-14-12-23(13-15-24)28(29)20-38-26(31-28)30-27(35)33(18-19-34)17-16-25(21-8-4-2-5-9-21)22-10-6-3-7-11-22;/h2-15,25,32,34H,16-20H2,1H3,(H,30,31,35);1H/t28-;/m0./s1. The normalized spacial score (nSPS) is 16.6. The summed E-state index contributed by atoms with van der Waals surface area (Å²) in [4.78, 5) is 18.2. The van der Waals surface area contributed by atoms with E-state index in [1.54, 1.807) is 29.2 Å². The molecule has 0 aliphatic carbocycles. The highest BCUT2D eigenvalue weighted by Crippen LogP contribution is 2.40. The fourth-order valence-corrected chi connectivity index (χ4v) is 6.32. The number of rotatable bonds is 10. The van der Waals surface area contributed by atoms with Crippen LogP contribution in [0.5, 0.6) is 0 Å². The summed E-state index contributed by atoms with van der Waals surface area (Å²) < 4.78 is 25.3. The first-order valence-electron chi connectivity index (χ1n) is 12.4. The molecule has 0 bridgehead atoms. The number of aliphatic hydroxyl groups excluding tert-OH is 1. The molecule has 2 amide bonds. The van der Waals surface area contributed by atoms with Gasteiger partial charge in [0.2, 0.25) is 10.0 Å². The molecule has 40 heavy (non-hydrogen) atoms. The zero-order valence-corrected chi connectivity index (χ0v) is 25.1. The van der Waals surface area contributed by atoms with E-state index in [9.17, 15) is 18.3 Å². The molecule has 8 nitrogen and oxygen atoms in total. The number of thioether (sulfide) groups is 1. The molecule has 0 fully saturated rings. The van der Waals surface area contributed by atoms with Gasteiger partial charge in [-0.1, -0.05) is 96.2 Å². The highest BCUT2D eigenvalue weighted by atomic mass is 35.5. The zero-order chi connectivity index (χ0) is 27.9. The Morgan fingerprint density at radius 3 is 2.12 bits per heavy atom. The molecule has 12 heteroatoms. The fraction of sp³-hybridized carbons (Fsp3) is 0.286. The van der Waals surface area contributed by atoms with Crippen molar-refractivity contribution in [3.8, 4) is 0 Å². The highest BCUT2D eigenvalue weighted by molar-refractivity contribution is 8.14. The smallest absolute Gasteiger partial charge is 0.323 e. The molecule has 214 valence electrons. The van der Waals surface area contributed by atoms with Gasteiger partial charge < -0.3 is 10.0 Å². The fourth-order valence-electron chi connectivity index (χ4n) is 4.40. The molecular formula is C28H32Cl2N4O4S2. The molecule has 0 radical (unpaired) electrons. The van der Waals surface area contributed by atoms with Crippen molar-refractivity contribution in [3.63, 3.8) is 0 Å². The molecule has 3 N–H and O–H groups in total. The van der Waals surface area contributed by atoms with E-state index in [0.717, 1.165) is 17.4 Å². The zero-order valence-electron chi connectivity index (χ0n) is 21.9. The first-order chi connectivity index (χ1) is 18.7. The number of aliphatic imine (C=N–C) groups is 1. The van der Waals surface area contributed by atoms with Gasteiger partial charge in [0.15, 0.2) is 10.2 Å². The molecule has 1 atom stereocenters. The van der Waals surface area contributed by atoms with Crippen LogP contribution in [0.4, 0.5) is 10.5 Å². The highest BCUT2D eigenvalue weighted by Gasteiger charge is 2.36. The van der Waals surface area contributed by atoms with E-state index in [1.165, 1.54) is 11.8 Å². The van der Waals surface area contributed by atoms with E-state index < -0.39 is 15.0 Å². The number of hydrogen-bond donors (Lipinski definition) is 3. The van der Waals surface area contributed by atoms with Crippen LogP contribution >= 0.6 is 35.8 Å². The number of halogens is 2. The third-order valence-electron chi connectivity index (χ3n) is 6.27. The molecule has 1 heterocycles. The molecule has 0 unspecified atom stereocenters. The van der Waals surface area contributed by atoms with E-state index >= 15 is 0 Å². The van der Waals surface area contributed by atoms with Crippen molar-refractivity contribution in [2.24, 2.45) is 4.99 Å². The maximum Gasteiger partial charge on any atom is 0.323 e. The van der Waals surface area contributed by atoms with Crippen LogP contribution < -0.4 is 10.0 Å². The lowest BCUT2D eigenvalue weighted by molar-refractivity contribution is 0.180. The Hall–Kier alpha value is -2.76.